The van der Waals surface area contributed by atoms with Gasteiger partial charge < -0.3 is 9.84 Å². The summed E-state index contributed by atoms with van der Waals surface area (Å²) in [5, 5.41) is 9.89. The van der Waals surface area contributed by atoms with Crippen molar-refractivity contribution in [2.24, 2.45) is 5.92 Å². The molecule has 0 bridgehead atoms. The Kier molecular flexibility index (Phi) is 10.3. The molecule has 4 rings (SSSR count). The first-order chi connectivity index (χ1) is 17.5. The van der Waals surface area contributed by atoms with Gasteiger partial charge in [0.25, 0.3) is 0 Å². The summed E-state index contributed by atoms with van der Waals surface area (Å²) >= 11 is 0. The molecule has 0 aliphatic rings. The van der Waals surface area contributed by atoms with Gasteiger partial charge in [0.1, 0.15) is 12.2 Å². The molecule has 0 radical (unpaired) electrons. The largest absolute Gasteiger partial charge is 0.380 e. The summed E-state index contributed by atoms with van der Waals surface area (Å²) in [6.07, 6.45) is -1.61. The van der Waals surface area contributed by atoms with E-state index >= 15 is 0 Å². The molecule has 0 amide bonds. The van der Waals surface area contributed by atoms with Crippen molar-refractivity contribution >= 4 is 11.6 Å². The van der Waals surface area contributed by atoms with Gasteiger partial charge in [-0.25, -0.2) is 0 Å². The molecule has 0 saturated carbocycles. The first-order valence-corrected chi connectivity index (χ1v) is 12.1. The van der Waals surface area contributed by atoms with Crippen molar-refractivity contribution in [1.82, 2.24) is 0 Å². The number of ether oxygens (including phenoxy) is 1. The fourth-order valence-electron chi connectivity index (χ4n) is 3.54. The quantitative estimate of drug-likeness (QED) is 0.265. The minimum absolute atomic E-state index is 0.0115. The molecule has 184 valence electrons. The van der Waals surface area contributed by atoms with E-state index in [4.69, 9.17) is 4.74 Å². The van der Waals surface area contributed by atoms with Crippen molar-refractivity contribution in [1.29, 1.82) is 0 Å². The third kappa shape index (κ3) is 7.84. The molecule has 4 aromatic carbocycles. The number of Topliss-reactive ketones (excluding diaryl/α,β-unsaturated/α-hetero) is 2. The van der Waals surface area contributed by atoms with E-state index in [-0.39, 0.29) is 11.6 Å². The van der Waals surface area contributed by atoms with E-state index in [2.05, 4.69) is 13.8 Å². The number of aliphatic hydroxyl groups excluding tert-OH is 1. The molecule has 4 heteroatoms. The number of rotatable bonds is 9. The highest BCUT2D eigenvalue weighted by Gasteiger charge is 2.23. The SMILES string of the molecule is CC(C)COC(C(=O)c1ccccc1)c1ccccc1.O=C(c1ccccc1)C(O)c1ccccc1. The summed E-state index contributed by atoms with van der Waals surface area (Å²) < 4.78 is 5.86. The van der Waals surface area contributed by atoms with Crippen LogP contribution in [0.1, 0.15) is 57.9 Å². The maximum absolute atomic E-state index is 12.6. The van der Waals surface area contributed by atoms with Crippen molar-refractivity contribution in [2.75, 3.05) is 6.61 Å². The highest BCUT2D eigenvalue weighted by Crippen LogP contribution is 2.23. The van der Waals surface area contributed by atoms with Gasteiger partial charge in [-0.15, -0.1) is 0 Å². The van der Waals surface area contributed by atoms with E-state index in [1.165, 1.54) is 0 Å². The minimum Gasteiger partial charge on any atom is -0.380 e. The monoisotopic (exact) mass is 480 g/mol. The van der Waals surface area contributed by atoms with Gasteiger partial charge >= 0.3 is 0 Å². The van der Waals surface area contributed by atoms with Crippen LogP contribution in [0.4, 0.5) is 0 Å². The van der Waals surface area contributed by atoms with Crippen LogP contribution in [0.3, 0.4) is 0 Å². The summed E-state index contributed by atoms with van der Waals surface area (Å²) in [5.41, 5.74) is 2.74. The topological polar surface area (TPSA) is 63.6 Å². The van der Waals surface area contributed by atoms with Gasteiger partial charge in [-0.1, -0.05) is 135 Å². The lowest BCUT2D eigenvalue weighted by Gasteiger charge is -2.18. The molecule has 4 nitrogen and oxygen atoms in total. The maximum atomic E-state index is 12.6. The van der Waals surface area contributed by atoms with Crippen LogP contribution in [-0.2, 0) is 4.74 Å². The summed E-state index contributed by atoms with van der Waals surface area (Å²) in [6.45, 7) is 4.72. The predicted molar refractivity (Wildman–Crippen MR) is 143 cm³/mol. The van der Waals surface area contributed by atoms with Crippen molar-refractivity contribution in [3.63, 3.8) is 0 Å². The molecular formula is C32H32O4. The normalized spacial score (nSPS) is 12.2. The Hall–Kier alpha value is -3.86. The molecule has 0 saturated heterocycles. The summed E-state index contributed by atoms with van der Waals surface area (Å²) in [5.74, 6) is 0.133. The zero-order valence-corrected chi connectivity index (χ0v) is 20.7. The van der Waals surface area contributed by atoms with Crippen LogP contribution < -0.4 is 0 Å². The fraction of sp³-hybridized carbons (Fsp3) is 0.188. The maximum Gasteiger partial charge on any atom is 0.196 e. The molecule has 0 spiro atoms. The third-order valence-electron chi connectivity index (χ3n) is 5.42. The molecule has 2 atom stereocenters. The number of aliphatic hydroxyl groups is 1. The van der Waals surface area contributed by atoms with E-state index < -0.39 is 12.2 Å². The molecule has 0 aliphatic carbocycles. The number of carbonyl (C=O) groups is 2. The van der Waals surface area contributed by atoms with Crippen molar-refractivity contribution in [2.45, 2.75) is 26.1 Å². The Labute approximate surface area is 213 Å². The Morgan fingerprint density at radius 3 is 1.44 bits per heavy atom. The zero-order chi connectivity index (χ0) is 25.8. The van der Waals surface area contributed by atoms with E-state index in [0.29, 0.717) is 29.2 Å². The highest BCUT2D eigenvalue weighted by atomic mass is 16.5. The highest BCUT2D eigenvalue weighted by molar-refractivity contribution is 6.00. The van der Waals surface area contributed by atoms with Crippen LogP contribution in [0.2, 0.25) is 0 Å². The van der Waals surface area contributed by atoms with Crippen LogP contribution in [0.5, 0.6) is 0 Å². The molecular weight excluding hydrogens is 448 g/mol. The van der Waals surface area contributed by atoms with Crippen LogP contribution in [0.25, 0.3) is 0 Å². The lowest BCUT2D eigenvalue weighted by atomic mass is 10.00. The summed E-state index contributed by atoms with van der Waals surface area (Å²) in [7, 11) is 0. The average molecular weight is 481 g/mol. The van der Waals surface area contributed by atoms with Crippen molar-refractivity contribution < 1.29 is 19.4 Å². The second kappa shape index (κ2) is 13.9. The molecule has 0 heterocycles. The predicted octanol–water partition coefficient (Wildman–Crippen LogP) is 6.89. The Morgan fingerprint density at radius 2 is 1.00 bits per heavy atom. The van der Waals surface area contributed by atoms with E-state index in [1.54, 1.807) is 48.5 Å². The smallest absolute Gasteiger partial charge is 0.196 e. The molecule has 4 aromatic rings. The second-order valence-corrected chi connectivity index (χ2v) is 8.79. The van der Waals surface area contributed by atoms with Gasteiger partial charge in [-0.2, -0.15) is 0 Å². The average Bonchev–Trinajstić information content (AvgIpc) is 2.94. The zero-order valence-electron chi connectivity index (χ0n) is 20.7. The Bertz CT molecular complexity index is 1190. The number of benzene rings is 4. The standard InChI is InChI=1S/C18H20O2.C14H12O2/c1-14(2)13-20-18(16-11-7-4-8-12-16)17(19)15-9-5-3-6-10-15;15-13(11-7-3-1-4-8-11)14(16)12-9-5-2-6-10-12/h3-12,14,18H,13H2,1-2H3;1-10,13,15H. The molecule has 36 heavy (non-hydrogen) atoms. The molecule has 0 aromatic heterocycles. The third-order valence-corrected chi connectivity index (χ3v) is 5.42. The number of hydrogen-bond donors (Lipinski definition) is 1. The van der Waals surface area contributed by atoms with Crippen LogP contribution >= 0.6 is 0 Å². The molecule has 2 unspecified atom stereocenters. The van der Waals surface area contributed by atoms with Gasteiger partial charge in [-0.05, 0) is 17.0 Å². The van der Waals surface area contributed by atoms with Gasteiger partial charge in [0.15, 0.2) is 11.6 Å². The van der Waals surface area contributed by atoms with Crippen LogP contribution in [-0.4, -0.2) is 23.3 Å². The van der Waals surface area contributed by atoms with Gasteiger partial charge in [0.05, 0.1) is 6.61 Å². The van der Waals surface area contributed by atoms with Crippen molar-refractivity contribution in [3.8, 4) is 0 Å². The number of hydrogen-bond acceptors (Lipinski definition) is 4. The number of carbonyl (C=O) groups excluding carboxylic acids is 2. The van der Waals surface area contributed by atoms with E-state index in [1.807, 2.05) is 72.8 Å². The first-order valence-electron chi connectivity index (χ1n) is 12.1. The molecule has 0 aliphatic heterocycles. The second-order valence-electron chi connectivity index (χ2n) is 8.79. The van der Waals surface area contributed by atoms with Crippen molar-refractivity contribution in [3.05, 3.63) is 144 Å². The van der Waals surface area contributed by atoms with E-state index in [9.17, 15) is 14.7 Å². The lowest BCUT2D eigenvalue weighted by Crippen LogP contribution is -2.18. The Morgan fingerprint density at radius 1 is 0.611 bits per heavy atom. The molecule has 1 N–H and O–H groups in total. The number of ketones is 2. The summed E-state index contributed by atoms with van der Waals surface area (Å²) in [4.78, 5) is 24.5. The first kappa shape index (κ1) is 26.7. The fourth-order valence-corrected chi connectivity index (χ4v) is 3.54. The van der Waals surface area contributed by atoms with Gasteiger partial charge in [-0.3, -0.25) is 9.59 Å². The van der Waals surface area contributed by atoms with Crippen LogP contribution in [0, 0.1) is 5.92 Å². The van der Waals surface area contributed by atoms with Crippen LogP contribution in [0.15, 0.2) is 121 Å². The van der Waals surface area contributed by atoms with Gasteiger partial charge in [0.2, 0.25) is 0 Å². The lowest BCUT2D eigenvalue weighted by molar-refractivity contribution is 0.0308. The minimum atomic E-state index is -1.08. The Balaban J connectivity index is 0.000000205. The van der Waals surface area contributed by atoms with Gasteiger partial charge in [0, 0.05) is 11.1 Å². The summed E-state index contributed by atoms with van der Waals surface area (Å²) in [6, 6.07) is 36.7. The van der Waals surface area contributed by atoms with E-state index in [0.717, 1.165) is 5.56 Å². The molecule has 0 fully saturated rings.